The lowest BCUT2D eigenvalue weighted by Crippen LogP contribution is -2.12. The fraction of sp³-hybridized carbons (Fsp3) is 0. The predicted molar refractivity (Wildman–Crippen MR) is 81.9 cm³/mol. The minimum Gasteiger partial charge on any atom is -0.322 e. The summed E-state index contributed by atoms with van der Waals surface area (Å²) in [5, 5.41) is 2.84. The van der Waals surface area contributed by atoms with Gasteiger partial charge in [-0.1, -0.05) is 24.3 Å². The van der Waals surface area contributed by atoms with Crippen LogP contribution in [-0.2, 0) is 0 Å². The van der Waals surface area contributed by atoms with Gasteiger partial charge in [0.2, 0.25) is 0 Å². The van der Waals surface area contributed by atoms with Gasteiger partial charge in [0.05, 0.1) is 11.3 Å². The van der Waals surface area contributed by atoms with Gasteiger partial charge in [0.15, 0.2) is 0 Å². The number of amides is 1. The number of nitrogens with zero attached hydrogens (tertiary/aromatic N) is 2. The van der Waals surface area contributed by atoms with Crippen molar-refractivity contribution in [2.45, 2.75) is 0 Å². The van der Waals surface area contributed by atoms with Crippen molar-refractivity contribution >= 4 is 11.6 Å². The van der Waals surface area contributed by atoms with Gasteiger partial charge in [-0.2, -0.15) is 0 Å². The van der Waals surface area contributed by atoms with Crippen LogP contribution in [0.1, 0.15) is 10.4 Å². The fourth-order valence-electron chi connectivity index (χ4n) is 1.96. The zero-order chi connectivity index (χ0) is 14.5. The van der Waals surface area contributed by atoms with Crippen LogP contribution in [0.3, 0.4) is 0 Å². The maximum absolute atomic E-state index is 12.2. The Morgan fingerprint density at radius 3 is 2.52 bits per heavy atom. The molecule has 1 amide bonds. The first-order valence-electron chi connectivity index (χ1n) is 6.56. The molecule has 0 spiro atoms. The topological polar surface area (TPSA) is 54.9 Å². The van der Waals surface area contributed by atoms with Gasteiger partial charge in [-0.3, -0.25) is 14.8 Å². The van der Waals surface area contributed by atoms with Gasteiger partial charge in [0.1, 0.15) is 0 Å². The van der Waals surface area contributed by atoms with Crippen LogP contribution in [0.25, 0.3) is 11.3 Å². The molecule has 0 aliphatic carbocycles. The van der Waals surface area contributed by atoms with Gasteiger partial charge in [0, 0.05) is 29.8 Å². The molecule has 0 atom stereocenters. The number of benzene rings is 1. The highest BCUT2D eigenvalue weighted by Gasteiger charge is 2.08. The molecule has 0 radical (unpaired) electrons. The van der Waals surface area contributed by atoms with E-state index in [1.165, 1.54) is 0 Å². The number of hydrogen-bond donors (Lipinski definition) is 1. The molecule has 1 aromatic carbocycles. The number of hydrogen-bond acceptors (Lipinski definition) is 3. The minimum absolute atomic E-state index is 0.188. The summed E-state index contributed by atoms with van der Waals surface area (Å²) < 4.78 is 0. The summed E-state index contributed by atoms with van der Waals surface area (Å²) in [6, 6.07) is 16.8. The molecule has 0 aliphatic rings. The summed E-state index contributed by atoms with van der Waals surface area (Å²) >= 11 is 0. The summed E-state index contributed by atoms with van der Waals surface area (Å²) in [6.45, 7) is 0. The highest BCUT2D eigenvalue weighted by molar-refractivity contribution is 6.04. The second-order valence-electron chi connectivity index (χ2n) is 4.50. The molecule has 2 heterocycles. The Bertz CT molecular complexity index is 742. The molecular formula is C17H13N3O. The van der Waals surface area contributed by atoms with Crippen molar-refractivity contribution in [1.82, 2.24) is 9.97 Å². The lowest BCUT2D eigenvalue weighted by molar-refractivity contribution is 0.102. The molecule has 0 saturated carbocycles. The quantitative estimate of drug-likeness (QED) is 0.797. The van der Waals surface area contributed by atoms with Crippen LogP contribution in [0.2, 0.25) is 0 Å². The maximum Gasteiger partial charge on any atom is 0.257 e. The number of anilines is 1. The van der Waals surface area contributed by atoms with Gasteiger partial charge in [0.25, 0.3) is 5.91 Å². The smallest absolute Gasteiger partial charge is 0.257 e. The van der Waals surface area contributed by atoms with Gasteiger partial charge in [-0.05, 0) is 30.3 Å². The number of carbonyl (C=O) groups is 1. The molecule has 4 nitrogen and oxygen atoms in total. The van der Waals surface area contributed by atoms with E-state index >= 15 is 0 Å². The molecule has 1 N–H and O–H groups in total. The summed E-state index contributed by atoms with van der Waals surface area (Å²) in [5.74, 6) is -0.188. The number of carbonyl (C=O) groups excluding carboxylic acids is 1. The Labute approximate surface area is 122 Å². The third kappa shape index (κ3) is 3.12. The Balaban J connectivity index is 1.85. The van der Waals surface area contributed by atoms with Crippen molar-refractivity contribution in [2.24, 2.45) is 0 Å². The molecule has 0 fully saturated rings. The largest absolute Gasteiger partial charge is 0.322 e. The Morgan fingerprint density at radius 2 is 1.76 bits per heavy atom. The van der Waals surface area contributed by atoms with Gasteiger partial charge >= 0.3 is 0 Å². The number of rotatable bonds is 3. The summed E-state index contributed by atoms with van der Waals surface area (Å²) in [5.41, 5.74) is 2.86. The zero-order valence-electron chi connectivity index (χ0n) is 11.2. The highest BCUT2D eigenvalue weighted by atomic mass is 16.1. The standard InChI is InChI=1S/C17H13N3O/c21-17(20-15-6-2-1-3-7-15)14-10-13(11-18-12-14)16-8-4-5-9-19-16/h1-12H,(H,20,21). The van der Waals surface area contributed by atoms with Crippen molar-refractivity contribution in [3.63, 3.8) is 0 Å². The molecular weight excluding hydrogens is 262 g/mol. The van der Waals surface area contributed by atoms with Crippen LogP contribution in [0.15, 0.2) is 73.2 Å². The molecule has 2 aromatic heterocycles. The SMILES string of the molecule is O=C(Nc1ccccc1)c1cncc(-c2ccccn2)c1. The third-order valence-corrected chi connectivity index (χ3v) is 2.99. The van der Waals surface area contributed by atoms with Crippen molar-refractivity contribution in [3.8, 4) is 11.3 Å². The van der Waals surface area contributed by atoms with E-state index in [9.17, 15) is 4.79 Å². The van der Waals surface area contributed by atoms with Crippen molar-refractivity contribution < 1.29 is 4.79 Å². The highest BCUT2D eigenvalue weighted by Crippen LogP contribution is 2.17. The van der Waals surface area contributed by atoms with E-state index in [1.807, 2.05) is 48.5 Å². The predicted octanol–water partition coefficient (Wildman–Crippen LogP) is 3.40. The first-order chi connectivity index (χ1) is 10.3. The minimum atomic E-state index is -0.188. The molecule has 0 bridgehead atoms. The lowest BCUT2D eigenvalue weighted by atomic mass is 10.1. The molecule has 0 aliphatic heterocycles. The normalized spacial score (nSPS) is 10.1. The summed E-state index contributed by atoms with van der Waals surface area (Å²) in [6.07, 6.45) is 4.96. The van der Waals surface area contributed by atoms with Crippen LogP contribution < -0.4 is 5.32 Å². The third-order valence-electron chi connectivity index (χ3n) is 2.99. The van der Waals surface area contributed by atoms with Crippen molar-refractivity contribution in [1.29, 1.82) is 0 Å². The van der Waals surface area contributed by atoms with Crippen LogP contribution in [0.4, 0.5) is 5.69 Å². The van der Waals surface area contributed by atoms with E-state index in [0.29, 0.717) is 5.56 Å². The van der Waals surface area contributed by atoms with E-state index in [4.69, 9.17) is 0 Å². The van der Waals surface area contributed by atoms with E-state index in [2.05, 4.69) is 15.3 Å². The second kappa shape index (κ2) is 5.96. The average molecular weight is 275 g/mol. The molecule has 3 rings (SSSR count). The average Bonchev–Trinajstić information content (AvgIpc) is 2.57. The Hall–Kier alpha value is -3.01. The second-order valence-corrected chi connectivity index (χ2v) is 4.50. The monoisotopic (exact) mass is 275 g/mol. The van der Waals surface area contributed by atoms with E-state index < -0.39 is 0 Å². The van der Waals surface area contributed by atoms with Gasteiger partial charge < -0.3 is 5.32 Å². The number of nitrogens with one attached hydrogen (secondary N) is 1. The van der Waals surface area contributed by atoms with Gasteiger partial charge in [-0.25, -0.2) is 0 Å². The van der Waals surface area contributed by atoms with E-state index in [1.54, 1.807) is 24.7 Å². The number of pyridine rings is 2. The molecule has 0 saturated heterocycles. The summed E-state index contributed by atoms with van der Waals surface area (Å²) in [7, 11) is 0. The first-order valence-corrected chi connectivity index (χ1v) is 6.56. The Morgan fingerprint density at radius 1 is 0.952 bits per heavy atom. The molecule has 3 aromatic rings. The fourth-order valence-corrected chi connectivity index (χ4v) is 1.96. The molecule has 4 heteroatoms. The van der Waals surface area contributed by atoms with Crippen molar-refractivity contribution in [3.05, 3.63) is 78.8 Å². The van der Waals surface area contributed by atoms with Crippen LogP contribution >= 0.6 is 0 Å². The maximum atomic E-state index is 12.2. The summed E-state index contributed by atoms with van der Waals surface area (Å²) in [4.78, 5) is 20.6. The lowest BCUT2D eigenvalue weighted by Gasteiger charge is -2.06. The van der Waals surface area contributed by atoms with Crippen molar-refractivity contribution in [2.75, 3.05) is 5.32 Å². The first kappa shape index (κ1) is 13.0. The molecule has 21 heavy (non-hydrogen) atoms. The molecule has 0 unspecified atom stereocenters. The van der Waals surface area contributed by atoms with Crippen LogP contribution in [0, 0.1) is 0 Å². The van der Waals surface area contributed by atoms with Crippen LogP contribution in [0.5, 0.6) is 0 Å². The number of aromatic nitrogens is 2. The molecule has 102 valence electrons. The van der Waals surface area contributed by atoms with E-state index in [0.717, 1.165) is 16.9 Å². The van der Waals surface area contributed by atoms with Crippen LogP contribution in [-0.4, -0.2) is 15.9 Å². The number of para-hydroxylation sites is 1. The Kier molecular flexibility index (Phi) is 3.69. The van der Waals surface area contributed by atoms with Gasteiger partial charge in [-0.15, -0.1) is 0 Å². The zero-order valence-corrected chi connectivity index (χ0v) is 11.2. The van der Waals surface area contributed by atoms with E-state index in [-0.39, 0.29) is 5.91 Å².